The second-order valence-electron chi connectivity index (χ2n) is 3.94. The smallest absolute Gasteiger partial charge is 0.174 e. The molecule has 2 nitrogen and oxygen atoms in total. The lowest BCUT2D eigenvalue weighted by molar-refractivity contribution is 0.0986. The molecule has 2 rings (SSSR count). The highest BCUT2D eigenvalue weighted by Gasteiger charge is 2.07. The van der Waals surface area contributed by atoms with Gasteiger partial charge in [-0.15, -0.1) is 11.3 Å². The maximum Gasteiger partial charge on any atom is 0.174 e. The maximum atomic E-state index is 11.8. The standard InChI is InChI=1S/C14H14BrNOS/c15-14-7-6-13(18-14)12(17)8-9-16-10-11-4-2-1-3-5-11/h1-7,16H,8-10H2. The topological polar surface area (TPSA) is 29.1 Å². The first-order valence-corrected chi connectivity index (χ1v) is 7.40. The van der Waals surface area contributed by atoms with Gasteiger partial charge in [0.25, 0.3) is 0 Å². The Hall–Kier alpha value is -0.970. The third-order valence-corrected chi connectivity index (χ3v) is 4.21. The van der Waals surface area contributed by atoms with Crippen LogP contribution in [0.2, 0.25) is 0 Å². The van der Waals surface area contributed by atoms with Crippen LogP contribution in [0.3, 0.4) is 0 Å². The number of nitrogens with one attached hydrogen (secondary N) is 1. The summed E-state index contributed by atoms with van der Waals surface area (Å²) in [6, 6.07) is 14.0. The van der Waals surface area contributed by atoms with Crippen LogP contribution in [0, 0.1) is 0 Å². The fraction of sp³-hybridized carbons (Fsp3) is 0.214. The van der Waals surface area contributed by atoms with Gasteiger partial charge in [0.15, 0.2) is 5.78 Å². The van der Waals surface area contributed by atoms with Crippen LogP contribution in [0.15, 0.2) is 46.3 Å². The van der Waals surface area contributed by atoms with Crippen LogP contribution in [0.5, 0.6) is 0 Å². The lowest BCUT2D eigenvalue weighted by Gasteiger charge is -2.03. The van der Waals surface area contributed by atoms with Crippen molar-refractivity contribution in [2.75, 3.05) is 6.54 Å². The quantitative estimate of drug-likeness (QED) is 0.645. The number of halogens is 1. The Morgan fingerprint density at radius 3 is 2.61 bits per heavy atom. The van der Waals surface area contributed by atoms with Gasteiger partial charge in [-0.2, -0.15) is 0 Å². The number of Topliss-reactive ketones (excluding diaryl/α,β-unsaturated/α-hetero) is 1. The van der Waals surface area contributed by atoms with E-state index in [1.54, 1.807) is 0 Å². The number of hydrogen-bond acceptors (Lipinski definition) is 3. The number of carbonyl (C=O) groups is 1. The monoisotopic (exact) mass is 323 g/mol. The van der Waals surface area contributed by atoms with E-state index in [1.807, 2.05) is 30.3 Å². The molecule has 0 unspecified atom stereocenters. The normalized spacial score (nSPS) is 10.5. The largest absolute Gasteiger partial charge is 0.312 e. The average molecular weight is 324 g/mol. The zero-order valence-electron chi connectivity index (χ0n) is 9.86. The number of thiophene rings is 1. The highest BCUT2D eigenvalue weighted by Crippen LogP contribution is 2.22. The highest BCUT2D eigenvalue weighted by atomic mass is 79.9. The fourth-order valence-electron chi connectivity index (χ4n) is 1.62. The second kappa shape index (κ2) is 6.83. The van der Waals surface area contributed by atoms with Crippen molar-refractivity contribution in [1.29, 1.82) is 0 Å². The lowest BCUT2D eigenvalue weighted by Crippen LogP contribution is -2.17. The SMILES string of the molecule is O=C(CCNCc1ccccc1)c1ccc(Br)s1. The Morgan fingerprint density at radius 1 is 1.17 bits per heavy atom. The van der Waals surface area contributed by atoms with Crippen molar-refractivity contribution in [1.82, 2.24) is 5.32 Å². The molecule has 0 spiro atoms. The summed E-state index contributed by atoms with van der Waals surface area (Å²) in [6.07, 6.45) is 0.541. The summed E-state index contributed by atoms with van der Waals surface area (Å²) in [6.45, 7) is 1.52. The predicted octanol–water partition coefficient (Wildman–Crippen LogP) is 3.87. The van der Waals surface area contributed by atoms with E-state index < -0.39 is 0 Å². The molecule has 4 heteroatoms. The minimum absolute atomic E-state index is 0.200. The van der Waals surface area contributed by atoms with E-state index in [1.165, 1.54) is 16.9 Å². The highest BCUT2D eigenvalue weighted by molar-refractivity contribution is 9.11. The van der Waals surface area contributed by atoms with E-state index in [-0.39, 0.29) is 5.78 Å². The number of benzene rings is 1. The van der Waals surface area contributed by atoms with Gasteiger partial charge in [-0.25, -0.2) is 0 Å². The molecule has 0 amide bonds. The minimum Gasteiger partial charge on any atom is -0.312 e. The molecule has 1 heterocycles. The fourth-order valence-corrected chi connectivity index (χ4v) is 2.97. The Morgan fingerprint density at radius 2 is 1.94 bits per heavy atom. The summed E-state index contributed by atoms with van der Waals surface area (Å²) in [5, 5.41) is 3.28. The van der Waals surface area contributed by atoms with Crippen LogP contribution in [-0.2, 0) is 6.54 Å². The van der Waals surface area contributed by atoms with Crippen LogP contribution >= 0.6 is 27.3 Å². The molecule has 1 aromatic heterocycles. The van der Waals surface area contributed by atoms with Gasteiger partial charge in [0.2, 0.25) is 0 Å². The van der Waals surface area contributed by atoms with E-state index in [0.29, 0.717) is 13.0 Å². The summed E-state index contributed by atoms with van der Waals surface area (Å²) in [4.78, 5) is 12.6. The van der Waals surface area contributed by atoms with Crippen molar-refractivity contribution in [3.63, 3.8) is 0 Å². The van der Waals surface area contributed by atoms with Gasteiger partial charge in [-0.1, -0.05) is 30.3 Å². The number of hydrogen-bond donors (Lipinski definition) is 1. The van der Waals surface area contributed by atoms with Gasteiger partial charge in [-0.05, 0) is 33.6 Å². The Kier molecular flexibility index (Phi) is 5.11. The van der Waals surface area contributed by atoms with Crippen molar-refractivity contribution >= 4 is 33.0 Å². The van der Waals surface area contributed by atoms with Gasteiger partial charge in [-0.3, -0.25) is 4.79 Å². The van der Waals surface area contributed by atoms with E-state index in [2.05, 4.69) is 33.4 Å². The number of ketones is 1. The van der Waals surface area contributed by atoms with E-state index in [9.17, 15) is 4.79 Å². The zero-order chi connectivity index (χ0) is 12.8. The first-order chi connectivity index (χ1) is 8.75. The van der Waals surface area contributed by atoms with Crippen molar-refractivity contribution in [2.24, 2.45) is 0 Å². The van der Waals surface area contributed by atoms with Crippen molar-refractivity contribution < 1.29 is 4.79 Å². The van der Waals surface area contributed by atoms with Gasteiger partial charge in [0.1, 0.15) is 0 Å². The third-order valence-electron chi connectivity index (χ3n) is 2.55. The van der Waals surface area contributed by atoms with Gasteiger partial charge in [0.05, 0.1) is 8.66 Å². The number of carbonyl (C=O) groups excluding carboxylic acids is 1. The van der Waals surface area contributed by atoms with Crippen molar-refractivity contribution in [2.45, 2.75) is 13.0 Å². The molecule has 0 saturated carbocycles. The Labute approximate surface area is 119 Å². The van der Waals surface area contributed by atoms with Gasteiger partial charge < -0.3 is 5.32 Å². The van der Waals surface area contributed by atoms with Crippen LogP contribution < -0.4 is 5.32 Å². The van der Waals surface area contributed by atoms with E-state index in [0.717, 1.165) is 15.2 Å². The summed E-state index contributed by atoms with van der Waals surface area (Å²) < 4.78 is 1.00. The summed E-state index contributed by atoms with van der Waals surface area (Å²) in [7, 11) is 0. The molecule has 1 N–H and O–H groups in total. The average Bonchev–Trinajstić information content (AvgIpc) is 2.82. The van der Waals surface area contributed by atoms with Gasteiger partial charge >= 0.3 is 0 Å². The molecular formula is C14H14BrNOS. The van der Waals surface area contributed by atoms with Gasteiger partial charge in [0, 0.05) is 19.5 Å². The molecule has 0 atom stereocenters. The summed E-state index contributed by atoms with van der Waals surface area (Å²) >= 11 is 4.85. The Bertz CT molecular complexity index is 510. The van der Waals surface area contributed by atoms with Crippen molar-refractivity contribution in [3.8, 4) is 0 Å². The van der Waals surface area contributed by atoms with Crippen LogP contribution in [0.4, 0.5) is 0 Å². The molecule has 2 aromatic rings. The van der Waals surface area contributed by atoms with E-state index in [4.69, 9.17) is 0 Å². The first kappa shape index (κ1) is 13.5. The molecule has 1 aromatic carbocycles. The maximum absolute atomic E-state index is 11.8. The molecule has 0 saturated heterocycles. The van der Waals surface area contributed by atoms with E-state index >= 15 is 0 Å². The molecule has 0 aliphatic rings. The molecule has 0 aliphatic carbocycles. The summed E-state index contributed by atoms with van der Waals surface area (Å²) in [5.74, 6) is 0.200. The molecule has 0 aliphatic heterocycles. The minimum atomic E-state index is 0.200. The third kappa shape index (κ3) is 4.05. The Balaban J connectivity index is 1.71. The predicted molar refractivity (Wildman–Crippen MR) is 79.1 cm³/mol. The molecule has 18 heavy (non-hydrogen) atoms. The molecule has 0 bridgehead atoms. The first-order valence-electron chi connectivity index (χ1n) is 5.79. The molecule has 0 radical (unpaired) electrons. The zero-order valence-corrected chi connectivity index (χ0v) is 12.3. The van der Waals surface area contributed by atoms with Crippen molar-refractivity contribution in [3.05, 3.63) is 56.7 Å². The molecule has 94 valence electrons. The second-order valence-corrected chi connectivity index (χ2v) is 6.40. The van der Waals surface area contributed by atoms with Crippen LogP contribution in [0.25, 0.3) is 0 Å². The lowest BCUT2D eigenvalue weighted by atomic mass is 10.2. The number of rotatable bonds is 6. The summed E-state index contributed by atoms with van der Waals surface area (Å²) in [5.41, 5.74) is 1.24. The molecule has 0 fully saturated rings. The van der Waals surface area contributed by atoms with Crippen LogP contribution in [-0.4, -0.2) is 12.3 Å². The van der Waals surface area contributed by atoms with Crippen LogP contribution in [0.1, 0.15) is 21.7 Å². The molecular weight excluding hydrogens is 310 g/mol.